The summed E-state index contributed by atoms with van der Waals surface area (Å²) in [6.45, 7) is 8.89. The number of nitrogens with zero attached hydrogens (tertiary/aromatic N) is 2. The van der Waals surface area contributed by atoms with Gasteiger partial charge in [0.25, 0.3) is 0 Å². The van der Waals surface area contributed by atoms with Crippen LogP contribution in [0.5, 0.6) is 5.88 Å². The summed E-state index contributed by atoms with van der Waals surface area (Å²) in [7, 11) is 0. The van der Waals surface area contributed by atoms with Crippen molar-refractivity contribution in [3.63, 3.8) is 0 Å². The maximum atomic E-state index is 8.59. The van der Waals surface area contributed by atoms with Crippen molar-refractivity contribution in [1.29, 1.82) is 5.26 Å². The van der Waals surface area contributed by atoms with Gasteiger partial charge in [0.15, 0.2) is 0 Å². The van der Waals surface area contributed by atoms with E-state index in [1.807, 2.05) is 42.5 Å². The molecule has 0 saturated carbocycles. The molecule has 0 unspecified atom stereocenters. The molecule has 0 saturated heterocycles. The quantitative estimate of drug-likeness (QED) is 0.570. The van der Waals surface area contributed by atoms with Crippen molar-refractivity contribution < 1.29 is 37.4 Å². The van der Waals surface area contributed by atoms with Gasteiger partial charge >= 0.3 is 0 Å². The number of hydrogen-bond acceptors (Lipinski definition) is 4. The molecule has 0 atom stereocenters. The third-order valence-corrected chi connectivity index (χ3v) is 3.03. The second-order valence-corrected chi connectivity index (χ2v) is 5.71. The summed E-state index contributed by atoms with van der Waals surface area (Å²) in [6.07, 6.45) is 1.71. The van der Waals surface area contributed by atoms with Crippen LogP contribution >= 0.6 is 0 Å². The van der Waals surface area contributed by atoms with E-state index in [1.54, 1.807) is 6.20 Å². The Morgan fingerprint density at radius 2 is 1.70 bits per heavy atom. The van der Waals surface area contributed by atoms with Crippen LogP contribution < -0.4 is 10.1 Å². The van der Waals surface area contributed by atoms with Crippen molar-refractivity contribution in [3.8, 4) is 11.9 Å². The Morgan fingerprint density at radius 1 is 1.04 bits per heavy atom. The van der Waals surface area contributed by atoms with Gasteiger partial charge in [-0.2, -0.15) is 5.26 Å². The van der Waals surface area contributed by atoms with Crippen LogP contribution in [0.4, 0.5) is 0 Å². The molecular formula is C22H37N3OY. The van der Waals surface area contributed by atoms with Crippen LogP contribution in [0.1, 0.15) is 67.0 Å². The fourth-order valence-electron chi connectivity index (χ4n) is 1.68. The monoisotopic (exact) mass is 448 g/mol. The molecule has 1 N–H and O–H groups in total. The summed E-state index contributed by atoms with van der Waals surface area (Å²) in [5, 5.41) is 11.7. The normalized spacial score (nSPS) is 8.48. The predicted octanol–water partition coefficient (Wildman–Crippen LogP) is 6.00. The third-order valence-electron chi connectivity index (χ3n) is 3.03. The second kappa shape index (κ2) is 19.5. The van der Waals surface area contributed by atoms with E-state index in [0.29, 0.717) is 24.6 Å². The molecule has 0 aliphatic heterocycles. The SMILES string of the molecule is C.C.C.CC(C)NCOc1ccccn1.CC(C)c1cccc(C#N)c1.[Y]. The molecule has 0 fully saturated rings. The van der Waals surface area contributed by atoms with Gasteiger partial charge in [0.2, 0.25) is 5.88 Å². The molecule has 5 heteroatoms. The molecule has 27 heavy (non-hydrogen) atoms. The minimum Gasteiger partial charge on any atom is -0.462 e. The van der Waals surface area contributed by atoms with Crippen LogP contribution in [0, 0.1) is 11.3 Å². The Morgan fingerprint density at radius 3 is 2.19 bits per heavy atom. The van der Waals surface area contributed by atoms with Crippen molar-refractivity contribution in [2.24, 2.45) is 0 Å². The fraction of sp³-hybridized carbons (Fsp3) is 0.455. The first kappa shape index (κ1) is 33.3. The van der Waals surface area contributed by atoms with Crippen molar-refractivity contribution in [3.05, 3.63) is 59.8 Å². The van der Waals surface area contributed by atoms with Gasteiger partial charge < -0.3 is 4.74 Å². The molecule has 0 amide bonds. The minimum atomic E-state index is 0. The molecular weight excluding hydrogens is 411 g/mol. The van der Waals surface area contributed by atoms with Crippen molar-refractivity contribution >= 4 is 0 Å². The van der Waals surface area contributed by atoms with Gasteiger partial charge in [-0.1, -0.05) is 54.3 Å². The van der Waals surface area contributed by atoms with Gasteiger partial charge in [0, 0.05) is 51.0 Å². The maximum absolute atomic E-state index is 8.59. The van der Waals surface area contributed by atoms with Crippen LogP contribution in [0.3, 0.4) is 0 Å². The number of aromatic nitrogens is 1. The Kier molecular flexibility index (Phi) is 24.0. The summed E-state index contributed by atoms with van der Waals surface area (Å²) in [4.78, 5) is 4.01. The molecule has 149 valence electrons. The summed E-state index contributed by atoms with van der Waals surface area (Å²) in [6, 6.07) is 15.9. The van der Waals surface area contributed by atoms with Gasteiger partial charge in [-0.05, 0) is 43.5 Å². The fourth-order valence-corrected chi connectivity index (χ4v) is 1.68. The Bertz CT molecular complexity index is 610. The number of nitriles is 1. The molecule has 1 heterocycles. The zero-order valence-electron chi connectivity index (χ0n) is 14.9. The summed E-state index contributed by atoms with van der Waals surface area (Å²) in [5.74, 6) is 1.16. The van der Waals surface area contributed by atoms with E-state index in [2.05, 4.69) is 44.1 Å². The average Bonchev–Trinajstić information content (AvgIpc) is 2.56. The molecule has 1 aromatic carbocycles. The first-order valence-electron chi connectivity index (χ1n) is 7.80. The second-order valence-electron chi connectivity index (χ2n) is 5.71. The van der Waals surface area contributed by atoms with Crippen LogP contribution in [0.25, 0.3) is 0 Å². The van der Waals surface area contributed by atoms with Crippen molar-refractivity contribution in [2.75, 3.05) is 6.73 Å². The summed E-state index contributed by atoms with van der Waals surface area (Å²) in [5.41, 5.74) is 1.97. The van der Waals surface area contributed by atoms with Crippen LogP contribution in [0.15, 0.2) is 48.7 Å². The Labute approximate surface area is 192 Å². The molecule has 0 spiro atoms. The zero-order valence-corrected chi connectivity index (χ0v) is 17.7. The number of rotatable bonds is 5. The maximum Gasteiger partial charge on any atom is 0.214 e. The number of pyridine rings is 1. The molecule has 2 rings (SSSR count). The van der Waals surface area contributed by atoms with E-state index in [1.165, 1.54) is 5.56 Å². The molecule has 0 aliphatic rings. The number of benzene rings is 1. The van der Waals surface area contributed by atoms with E-state index >= 15 is 0 Å². The van der Waals surface area contributed by atoms with Gasteiger partial charge in [-0.15, -0.1) is 0 Å². The smallest absolute Gasteiger partial charge is 0.214 e. The predicted molar refractivity (Wildman–Crippen MR) is 113 cm³/mol. The molecule has 0 bridgehead atoms. The largest absolute Gasteiger partial charge is 0.462 e. The van der Waals surface area contributed by atoms with Crippen molar-refractivity contribution in [2.45, 2.75) is 61.9 Å². The summed E-state index contributed by atoms with van der Waals surface area (Å²) < 4.78 is 5.29. The van der Waals surface area contributed by atoms with E-state index in [9.17, 15) is 0 Å². The Balaban J connectivity index is -0.000000171. The van der Waals surface area contributed by atoms with Gasteiger partial charge in [-0.3, -0.25) is 5.32 Å². The first-order valence-corrected chi connectivity index (χ1v) is 7.80. The molecule has 1 radical (unpaired) electrons. The topological polar surface area (TPSA) is 57.9 Å². The minimum absolute atomic E-state index is 0. The number of nitrogens with one attached hydrogen (secondary N) is 1. The summed E-state index contributed by atoms with van der Waals surface area (Å²) >= 11 is 0. The standard InChI is InChI=1S/C10H11N.C9H14N2O.3CH4.Y/c1-8(2)10-5-3-4-9(6-10)7-11;1-8(2)11-7-12-9-5-3-4-6-10-9;;;;/h3-6,8H,1-2H3;3-6,8,11H,7H2,1-2H3;3*1H4;. The van der Waals surface area contributed by atoms with Crippen LogP contribution in [-0.4, -0.2) is 17.8 Å². The van der Waals surface area contributed by atoms with Crippen molar-refractivity contribution in [1.82, 2.24) is 10.3 Å². The van der Waals surface area contributed by atoms with E-state index in [4.69, 9.17) is 10.00 Å². The van der Waals surface area contributed by atoms with E-state index in [0.717, 1.165) is 5.56 Å². The molecule has 1 aromatic heterocycles. The molecule has 4 nitrogen and oxygen atoms in total. The third kappa shape index (κ3) is 15.5. The molecule has 2 aromatic rings. The average molecular weight is 448 g/mol. The first-order chi connectivity index (χ1) is 11.0. The van der Waals surface area contributed by atoms with Gasteiger partial charge in [0.05, 0.1) is 11.6 Å². The van der Waals surface area contributed by atoms with Crippen LogP contribution in [0.2, 0.25) is 0 Å². The van der Waals surface area contributed by atoms with Crippen LogP contribution in [-0.2, 0) is 32.7 Å². The van der Waals surface area contributed by atoms with Gasteiger partial charge in [0.1, 0.15) is 6.73 Å². The zero-order chi connectivity index (χ0) is 17.1. The number of hydrogen-bond donors (Lipinski definition) is 1. The molecule has 0 aliphatic carbocycles. The van der Waals surface area contributed by atoms with Gasteiger partial charge in [-0.25, -0.2) is 4.98 Å². The number of ether oxygens (including phenoxy) is 1. The van der Waals surface area contributed by atoms with E-state index < -0.39 is 0 Å². The Hall–Kier alpha value is -1.28. The van der Waals surface area contributed by atoms with E-state index in [-0.39, 0.29) is 55.0 Å².